The number of phenolic OH excluding ortho intramolecular Hbond substituents is 1. The van der Waals surface area contributed by atoms with E-state index in [1.807, 2.05) is 0 Å². The van der Waals surface area contributed by atoms with Crippen molar-refractivity contribution < 1.29 is 14.9 Å². The summed E-state index contributed by atoms with van der Waals surface area (Å²) in [5.41, 5.74) is 6.35. The van der Waals surface area contributed by atoms with E-state index < -0.39 is 6.04 Å². The third-order valence-electron chi connectivity index (χ3n) is 1.89. The number of hydrogen-bond acceptors (Lipinski definition) is 4. The zero-order chi connectivity index (χ0) is 10.7. The number of rotatable bonds is 3. The molecule has 0 amide bonds. The minimum Gasteiger partial charge on any atom is -0.504 e. The Morgan fingerprint density at radius 2 is 2.21 bits per heavy atom. The number of aliphatic hydroxyl groups excluding tert-OH is 1. The van der Waals surface area contributed by atoms with Crippen molar-refractivity contribution in [1.29, 1.82) is 0 Å². The summed E-state index contributed by atoms with van der Waals surface area (Å²) in [5, 5.41) is 18.3. The third kappa shape index (κ3) is 2.17. The van der Waals surface area contributed by atoms with Crippen molar-refractivity contribution in [3.8, 4) is 11.5 Å². The van der Waals surface area contributed by atoms with Crippen LogP contribution in [0.4, 0.5) is 0 Å². The topological polar surface area (TPSA) is 75.7 Å². The van der Waals surface area contributed by atoms with E-state index in [9.17, 15) is 5.11 Å². The molecule has 0 aliphatic carbocycles. The molecular weight excluding hydrogens is 250 g/mol. The number of benzene rings is 1. The number of hydrogen-bond donors (Lipinski definition) is 3. The molecule has 0 aliphatic rings. The summed E-state index contributed by atoms with van der Waals surface area (Å²) in [6.45, 7) is -0.160. The predicted molar refractivity (Wildman–Crippen MR) is 56.4 cm³/mol. The standard InChI is InChI=1S/C9H12BrNO3/c1-14-9-2-5(7(11)4-12)6(10)3-8(9)13/h2-3,7,12-13H,4,11H2,1H3. The maximum atomic E-state index is 9.41. The van der Waals surface area contributed by atoms with E-state index in [-0.39, 0.29) is 12.4 Å². The highest BCUT2D eigenvalue weighted by Crippen LogP contribution is 2.34. The highest BCUT2D eigenvalue weighted by Gasteiger charge is 2.13. The van der Waals surface area contributed by atoms with Crippen LogP contribution in [0.2, 0.25) is 0 Å². The van der Waals surface area contributed by atoms with Crippen molar-refractivity contribution in [2.24, 2.45) is 5.73 Å². The van der Waals surface area contributed by atoms with Crippen LogP contribution < -0.4 is 10.5 Å². The Morgan fingerprint density at radius 1 is 1.57 bits per heavy atom. The van der Waals surface area contributed by atoms with Gasteiger partial charge in [-0.15, -0.1) is 0 Å². The molecule has 5 heteroatoms. The fraction of sp³-hybridized carbons (Fsp3) is 0.333. The summed E-state index contributed by atoms with van der Waals surface area (Å²) in [4.78, 5) is 0. The highest BCUT2D eigenvalue weighted by atomic mass is 79.9. The Hall–Kier alpha value is -0.780. The lowest BCUT2D eigenvalue weighted by Gasteiger charge is -2.13. The maximum Gasteiger partial charge on any atom is 0.160 e. The zero-order valence-electron chi connectivity index (χ0n) is 7.70. The third-order valence-corrected chi connectivity index (χ3v) is 2.58. The first-order valence-corrected chi connectivity index (χ1v) is 4.82. The molecule has 1 aromatic rings. The molecule has 0 fully saturated rings. The number of nitrogens with two attached hydrogens (primary N) is 1. The number of aromatic hydroxyl groups is 1. The number of ether oxygens (including phenoxy) is 1. The largest absolute Gasteiger partial charge is 0.504 e. The number of phenols is 1. The van der Waals surface area contributed by atoms with Crippen molar-refractivity contribution in [2.45, 2.75) is 6.04 Å². The van der Waals surface area contributed by atoms with Gasteiger partial charge in [-0.2, -0.15) is 0 Å². The first-order valence-electron chi connectivity index (χ1n) is 4.03. The molecule has 14 heavy (non-hydrogen) atoms. The Bertz CT molecular complexity index is 330. The molecule has 4 nitrogen and oxygen atoms in total. The lowest BCUT2D eigenvalue weighted by atomic mass is 10.1. The van der Waals surface area contributed by atoms with Crippen molar-refractivity contribution in [2.75, 3.05) is 13.7 Å². The van der Waals surface area contributed by atoms with Gasteiger partial charge in [0.05, 0.1) is 19.8 Å². The first kappa shape index (κ1) is 11.3. The lowest BCUT2D eigenvalue weighted by molar-refractivity contribution is 0.267. The summed E-state index contributed by atoms with van der Waals surface area (Å²) in [7, 11) is 1.46. The Kier molecular flexibility index (Phi) is 3.74. The molecule has 4 N–H and O–H groups in total. The molecule has 1 atom stereocenters. The Labute approximate surface area is 90.4 Å². The van der Waals surface area contributed by atoms with Crippen molar-refractivity contribution in [1.82, 2.24) is 0 Å². The van der Waals surface area contributed by atoms with E-state index in [4.69, 9.17) is 15.6 Å². The van der Waals surface area contributed by atoms with Gasteiger partial charge in [-0.3, -0.25) is 0 Å². The van der Waals surface area contributed by atoms with Crippen LogP contribution in [0.25, 0.3) is 0 Å². The molecule has 1 unspecified atom stereocenters. The van der Waals surface area contributed by atoms with Gasteiger partial charge in [0.25, 0.3) is 0 Å². The van der Waals surface area contributed by atoms with Gasteiger partial charge in [-0.05, 0) is 17.7 Å². The summed E-state index contributed by atoms with van der Waals surface area (Å²) >= 11 is 3.25. The summed E-state index contributed by atoms with van der Waals surface area (Å²) < 4.78 is 5.58. The summed E-state index contributed by atoms with van der Waals surface area (Å²) in [5.74, 6) is 0.375. The fourth-order valence-electron chi connectivity index (χ4n) is 1.10. The van der Waals surface area contributed by atoms with E-state index in [1.54, 1.807) is 6.07 Å². The molecule has 0 saturated carbocycles. The van der Waals surface area contributed by atoms with Crippen molar-refractivity contribution in [3.05, 3.63) is 22.2 Å². The van der Waals surface area contributed by atoms with Crippen LogP contribution in [0.1, 0.15) is 11.6 Å². The summed E-state index contributed by atoms with van der Waals surface area (Å²) in [6, 6.07) is 2.60. The second-order valence-electron chi connectivity index (χ2n) is 2.83. The molecule has 1 aromatic carbocycles. The van der Waals surface area contributed by atoms with Crippen LogP contribution in [0, 0.1) is 0 Å². The minimum absolute atomic E-state index is 0.0354. The van der Waals surface area contributed by atoms with Gasteiger partial charge >= 0.3 is 0 Å². The van der Waals surface area contributed by atoms with Crippen LogP contribution in [0.3, 0.4) is 0 Å². The molecule has 0 aromatic heterocycles. The van der Waals surface area contributed by atoms with Gasteiger partial charge < -0.3 is 20.7 Å². The van der Waals surface area contributed by atoms with Gasteiger partial charge in [-0.25, -0.2) is 0 Å². The van der Waals surface area contributed by atoms with Crippen LogP contribution in [-0.2, 0) is 0 Å². The van der Waals surface area contributed by atoms with Crippen LogP contribution >= 0.6 is 15.9 Å². The highest BCUT2D eigenvalue weighted by molar-refractivity contribution is 9.10. The van der Waals surface area contributed by atoms with E-state index in [0.717, 1.165) is 0 Å². The lowest BCUT2D eigenvalue weighted by Crippen LogP contribution is -2.15. The van der Waals surface area contributed by atoms with E-state index >= 15 is 0 Å². The first-order chi connectivity index (χ1) is 6.60. The summed E-state index contributed by atoms with van der Waals surface area (Å²) in [6.07, 6.45) is 0. The number of aliphatic hydroxyl groups is 1. The van der Waals surface area contributed by atoms with Gasteiger partial charge in [0.1, 0.15) is 0 Å². The average molecular weight is 262 g/mol. The molecular formula is C9H12BrNO3. The average Bonchev–Trinajstić information content (AvgIpc) is 2.17. The minimum atomic E-state index is -0.487. The van der Waals surface area contributed by atoms with Crippen molar-refractivity contribution in [3.63, 3.8) is 0 Å². The number of methoxy groups -OCH3 is 1. The molecule has 0 heterocycles. The van der Waals surface area contributed by atoms with Crippen molar-refractivity contribution >= 4 is 15.9 Å². The second kappa shape index (κ2) is 4.63. The quantitative estimate of drug-likeness (QED) is 0.763. The Morgan fingerprint density at radius 3 is 2.71 bits per heavy atom. The van der Waals surface area contributed by atoms with Crippen LogP contribution in [0.5, 0.6) is 11.5 Å². The van der Waals surface area contributed by atoms with Gasteiger partial charge in [-0.1, -0.05) is 15.9 Å². The molecule has 0 bridgehead atoms. The van der Waals surface area contributed by atoms with Crippen LogP contribution in [-0.4, -0.2) is 23.9 Å². The molecule has 78 valence electrons. The van der Waals surface area contributed by atoms with E-state index in [1.165, 1.54) is 13.2 Å². The second-order valence-corrected chi connectivity index (χ2v) is 3.69. The monoisotopic (exact) mass is 261 g/mol. The molecule has 0 spiro atoms. The molecule has 0 aliphatic heterocycles. The maximum absolute atomic E-state index is 9.41. The Balaban J connectivity index is 3.17. The molecule has 1 rings (SSSR count). The van der Waals surface area contributed by atoms with E-state index in [2.05, 4.69) is 15.9 Å². The van der Waals surface area contributed by atoms with Gasteiger partial charge in [0.2, 0.25) is 0 Å². The fourth-order valence-corrected chi connectivity index (χ4v) is 1.73. The molecule has 0 saturated heterocycles. The molecule has 0 radical (unpaired) electrons. The van der Waals surface area contributed by atoms with E-state index in [0.29, 0.717) is 15.8 Å². The number of halogens is 1. The van der Waals surface area contributed by atoms with Gasteiger partial charge in [0, 0.05) is 4.47 Å². The normalized spacial score (nSPS) is 12.6. The van der Waals surface area contributed by atoms with Gasteiger partial charge in [0.15, 0.2) is 11.5 Å². The SMILES string of the molecule is COc1cc(C(N)CO)c(Br)cc1O. The zero-order valence-corrected chi connectivity index (χ0v) is 9.28. The van der Waals surface area contributed by atoms with Crippen LogP contribution in [0.15, 0.2) is 16.6 Å². The smallest absolute Gasteiger partial charge is 0.160 e. The predicted octanol–water partition coefficient (Wildman–Crippen LogP) is 1.16.